The summed E-state index contributed by atoms with van der Waals surface area (Å²) in [6, 6.07) is 21.4. The lowest BCUT2D eigenvalue weighted by molar-refractivity contribution is 0.425. The molecule has 0 spiro atoms. The normalized spacial score (nSPS) is 21.8. The Bertz CT molecular complexity index is 1290. The first-order chi connectivity index (χ1) is 14.9. The Balaban J connectivity index is 1.50. The molecule has 5 rings (SSSR count). The van der Waals surface area contributed by atoms with Gasteiger partial charge in [-0.05, 0) is 78.4 Å². The maximum absolute atomic E-state index is 13.1. The van der Waals surface area contributed by atoms with Crippen LogP contribution in [-0.2, 0) is 10.0 Å². The summed E-state index contributed by atoms with van der Waals surface area (Å²) in [5.41, 5.74) is 4.84. The zero-order chi connectivity index (χ0) is 21.6. The third kappa shape index (κ3) is 3.90. The van der Waals surface area contributed by atoms with Crippen LogP contribution < -0.4 is 10.0 Å². The molecule has 0 amide bonds. The van der Waals surface area contributed by atoms with E-state index in [2.05, 4.69) is 56.3 Å². The summed E-state index contributed by atoms with van der Waals surface area (Å²) in [7, 11) is -3.67. The minimum Gasteiger partial charge on any atom is -0.378 e. The van der Waals surface area contributed by atoms with Crippen LogP contribution in [0.2, 0.25) is 0 Å². The van der Waals surface area contributed by atoms with E-state index in [0.717, 1.165) is 27.7 Å². The molecule has 2 N–H and O–H groups in total. The lowest BCUT2D eigenvalue weighted by Crippen LogP contribution is -2.29. The predicted molar refractivity (Wildman–Crippen MR) is 129 cm³/mol. The summed E-state index contributed by atoms with van der Waals surface area (Å²) in [4.78, 5) is 0.287. The van der Waals surface area contributed by atoms with Crippen molar-refractivity contribution in [3.63, 3.8) is 0 Å². The van der Waals surface area contributed by atoms with Crippen molar-refractivity contribution in [1.29, 1.82) is 0 Å². The van der Waals surface area contributed by atoms with Crippen LogP contribution in [0.25, 0.3) is 0 Å². The van der Waals surface area contributed by atoms with E-state index < -0.39 is 10.0 Å². The van der Waals surface area contributed by atoms with Crippen molar-refractivity contribution in [3.8, 4) is 0 Å². The summed E-state index contributed by atoms with van der Waals surface area (Å²) < 4.78 is 29.9. The van der Waals surface area contributed by atoms with Crippen molar-refractivity contribution in [2.75, 3.05) is 10.0 Å². The molecule has 3 aromatic rings. The van der Waals surface area contributed by atoms with Crippen LogP contribution in [-0.4, -0.2) is 8.42 Å². The second kappa shape index (κ2) is 7.84. The molecule has 3 atom stereocenters. The summed E-state index contributed by atoms with van der Waals surface area (Å²) in [6.07, 6.45) is 5.40. The van der Waals surface area contributed by atoms with Gasteiger partial charge >= 0.3 is 0 Å². The maximum atomic E-state index is 13.1. The Kier molecular flexibility index (Phi) is 5.15. The second-order valence-corrected chi connectivity index (χ2v) is 10.9. The fourth-order valence-corrected chi connectivity index (χ4v) is 6.19. The molecule has 1 heterocycles. The quantitative estimate of drug-likeness (QED) is 0.413. The summed E-state index contributed by atoms with van der Waals surface area (Å²) in [5, 5.41) is 3.67. The van der Waals surface area contributed by atoms with Crippen LogP contribution in [0.1, 0.15) is 35.1 Å². The third-order valence-corrected chi connectivity index (χ3v) is 7.99. The lowest BCUT2D eigenvalue weighted by Gasteiger charge is -2.37. The van der Waals surface area contributed by atoms with Gasteiger partial charge in [0.15, 0.2) is 0 Å². The molecule has 6 heteroatoms. The highest BCUT2D eigenvalue weighted by Crippen LogP contribution is 2.50. The molecular formula is C25H23BrN2O2S. The molecule has 0 fully saturated rings. The number of rotatable bonds is 4. The molecule has 4 nitrogen and oxygen atoms in total. The molecule has 1 aliphatic carbocycles. The largest absolute Gasteiger partial charge is 0.378 e. The van der Waals surface area contributed by atoms with E-state index in [4.69, 9.17) is 0 Å². The molecule has 0 unspecified atom stereocenters. The van der Waals surface area contributed by atoms with Gasteiger partial charge in [-0.1, -0.05) is 52.3 Å². The second-order valence-electron chi connectivity index (χ2n) is 8.25. The molecule has 0 bridgehead atoms. The van der Waals surface area contributed by atoms with Crippen molar-refractivity contribution in [2.45, 2.75) is 30.2 Å². The highest BCUT2D eigenvalue weighted by atomic mass is 79.9. The Labute approximate surface area is 191 Å². The third-order valence-electron chi connectivity index (χ3n) is 6.12. The van der Waals surface area contributed by atoms with Gasteiger partial charge in [0.05, 0.1) is 10.9 Å². The number of fused-ring (bicyclic) bond motifs is 3. The molecule has 3 aromatic carbocycles. The zero-order valence-electron chi connectivity index (χ0n) is 17.0. The van der Waals surface area contributed by atoms with Crippen LogP contribution in [0.4, 0.5) is 11.4 Å². The van der Waals surface area contributed by atoms with Gasteiger partial charge in [-0.2, -0.15) is 0 Å². The number of hydrogen-bond donors (Lipinski definition) is 2. The number of halogens is 1. The van der Waals surface area contributed by atoms with E-state index in [1.54, 1.807) is 12.1 Å². The topological polar surface area (TPSA) is 58.2 Å². The SMILES string of the molecule is Cc1cccc(NS(=O)(=O)c2ccc3c(c2)[C@H]2C=CC[C@H]2[C@@H](c2cccc(Br)c2)N3)c1. The number of hydrogen-bond acceptors (Lipinski definition) is 3. The molecular weight excluding hydrogens is 472 g/mol. The first-order valence-corrected chi connectivity index (χ1v) is 12.6. The number of allylic oxidation sites excluding steroid dienone is 2. The molecule has 31 heavy (non-hydrogen) atoms. The fourth-order valence-electron chi connectivity index (χ4n) is 4.69. The molecule has 2 aliphatic rings. The Hall–Kier alpha value is -2.57. The van der Waals surface area contributed by atoms with Gasteiger partial charge in [0.2, 0.25) is 0 Å². The average molecular weight is 495 g/mol. The predicted octanol–water partition coefficient (Wildman–Crippen LogP) is 6.38. The van der Waals surface area contributed by atoms with Gasteiger partial charge in [0.1, 0.15) is 0 Å². The summed E-state index contributed by atoms with van der Waals surface area (Å²) in [6.45, 7) is 1.94. The monoisotopic (exact) mass is 494 g/mol. The first-order valence-electron chi connectivity index (χ1n) is 10.3. The van der Waals surface area contributed by atoms with E-state index >= 15 is 0 Å². The van der Waals surface area contributed by atoms with E-state index in [0.29, 0.717) is 11.6 Å². The van der Waals surface area contributed by atoms with E-state index in [9.17, 15) is 8.42 Å². The van der Waals surface area contributed by atoms with Gasteiger partial charge < -0.3 is 5.32 Å². The van der Waals surface area contributed by atoms with Crippen LogP contribution in [0.5, 0.6) is 0 Å². The lowest BCUT2D eigenvalue weighted by atomic mass is 9.77. The fraction of sp³-hybridized carbons (Fsp3) is 0.200. The maximum Gasteiger partial charge on any atom is 0.261 e. The molecule has 0 saturated carbocycles. The van der Waals surface area contributed by atoms with Crippen molar-refractivity contribution in [3.05, 3.63) is 100 Å². The minimum absolute atomic E-state index is 0.179. The average Bonchev–Trinajstić information content (AvgIpc) is 3.23. The molecule has 1 aliphatic heterocycles. The smallest absolute Gasteiger partial charge is 0.261 e. The number of sulfonamides is 1. The van der Waals surface area contributed by atoms with Gasteiger partial charge in [0.25, 0.3) is 10.0 Å². The van der Waals surface area contributed by atoms with E-state index in [-0.39, 0.29) is 16.9 Å². The van der Waals surface area contributed by atoms with E-state index in [1.807, 2.05) is 43.3 Å². The molecule has 0 aromatic heterocycles. The van der Waals surface area contributed by atoms with Crippen LogP contribution in [0.3, 0.4) is 0 Å². The molecule has 158 valence electrons. The van der Waals surface area contributed by atoms with Crippen LogP contribution in [0.15, 0.2) is 88.3 Å². The summed E-state index contributed by atoms with van der Waals surface area (Å²) in [5.74, 6) is 0.541. The highest BCUT2D eigenvalue weighted by Gasteiger charge is 2.38. The highest BCUT2D eigenvalue weighted by molar-refractivity contribution is 9.10. The Morgan fingerprint density at radius 2 is 1.87 bits per heavy atom. The molecule has 0 saturated heterocycles. The van der Waals surface area contributed by atoms with Crippen molar-refractivity contribution < 1.29 is 8.42 Å². The van der Waals surface area contributed by atoms with Gasteiger partial charge in [-0.3, -0.25) is 4.72 Å². The number of anilines is 2. The van der Waals surface area contributed by atoms with Gasteiger partial charge in [-0.15, -0.1) is 0 Å². The Morgan fingerprint density at radius 3 is 2.68 bits per heavy atom. The minimum atomic E-state index is -3.67. The van der Waals surface area contributed by atoms with E-state index in [1.165, 1.54) is 5.56 Å². The van der Waals surface area contributed by atoms with Gasteiger partial charge in [-0.25, -0.2) is 8.42 Å². The molecule has 0 radical (unpaired) electrons. The van der Waals surface area contributed by atoms with Crippen molar-refractivity contribution >= 4 is 37.3 Å². The van der Waals surface area contributed by atoms with Crippen LogP contribution in [0, 0.1) is 12.8 Å². The van der Waals surface area contributed by atoms with Crippen LogP contribution >= 0.6 is 15.9 Å². The standard InChI is InChI=1S/C25H23BrN2O2S/c1-16-5-2-8-19(13-16)28-31(29,30)20-11-12-24-23(15-20)21-9-4-10-22(21)25(27-24)17-6-3-7-18(26)14-17/h2-9,11-15,21-22,25,27-28H,10H2,1H3/t21-,22+,25+/m0/s1. The Morgan fingerprint density at radius 1 is 1.03 bits per heavy atom. The zero-order valence-corrected chi connectivity index (χ0v) is 19.4. The van der Waals surface area contributed by atoms with Crippen molar-refractivity contribution in [2.24, 2.45) is 5.92 Å². The van der Waals surface area contributed by atoms with Crippen molar-refractivity contribution in [1.82, 2.24) is 0 Å². The first kappa shape index (κ1) is 20.3. The number of aryl methyl sites for hydroxylation is 1. The summed E-state index contributed by atoms with van der Waals surface area (Å²) >= 11 is 3.58. The number of benzene rings is 3. The van der Waals surface area contributed by atoms with Gasteiger partial charge in [0, 0.05) is 21.8 Å². The number of nitrogens with one attached hydrogen (secondary N) is 2.